The highest BCUT2D eigenvalue weighted by molar-refractivity contribution is 6.17. The minimum Gasteiger partial charge on any atom is -0.490 e. The summed E-state index contributed by atoms with van der Waals surface area (Å²) >= 11 is 0. The number of nitrogens with zero attached hydrogens (tertiary/aromatic N) is 1. The lowest BCUT2D eigenvalue weighted by Crippen LogP contribution is -2.34. The molecule has 0 fully saturated rings. The van der Waals surface area contributed by atoms with Crippen molar-refractivity contribution in [2.24, 2.45) is 0 Å². The Labute approximate surface area is 138 Å². The lowest BCUT2D eigenvalue weighted by molar-refractivity contribution is -0.137. The van der Waals surface area contributed by atoms with Gasteiger partial charge in [-0.25, -0.2) is 4.39 Å². The normalized spacial score (nSPS) is 14.1. The minimum absolute atomic E-state index is 0.0293. The van der Waals surface area contributed by atoms with Crippen LogP contribution in [0, 0.1) is 5.82 Å². The lowest BCUT2D eigenvalue weighted by Gasteiger charge is -2.14. The first-order valence-corrected chi connectivity index (χ1v) is 7.43. The maximum Gasteiger partial charge on any atom is 0.277 e. The number of hydrogen-bond donors (Lipinski definition) is 2. The molecule has 7 nitrogen and oxygen atoms in total. The molecule has 0 aliphatic carbocycles. The molecular weight excluding hydrogens is 319 g/mol. The van der Waals surface area contributed by atoms with Gasteiger partial charge in [0.05, 0.1) is 19.8 Å². The number of aliphatic hydroxyl groups is 1. The number of halogens is 1. The number of carbonyl (C=O) groups is 2. The molecule has 1 aromatic carbocycles. The molecule has 0 saturated heterocycles. The van der Waals surface area contributed by atoms with E-state index in [0.29, 0.717) is 25.3 Å². The molecule has 0 saturated carbocycles. The molecule has 0 aromatic heterocycles. The van der Waals surface area contributed by atoms with Gasteiger partial charge in [-0.2, -0.15) is 0 Å². The van der Waals surface area contributed by atoms with Crippen LogP contribution >= 0.6 is 0 Å². The monoisotopic (exact) mass is 338 g/mol. The van der Waals surface area contributed by atoms with Crippen LogP contribution in [0.4, 0.5) is 10.1 Å². The van der Waals surface area contributed by atoms with Gasteiger partial charge in [0.2, 0.25) is 0 Å². The first kappa shape index (κ1) is 17.9. The maximum atomic E-state index is 14.0. The Morgan fingerprint density at radius 1 is 1.29 bits per heavy atom. The molecule has 0 bridgehead atoms. The summed E-state index contributed by atoms with van der Waals surface area (Å²) in [7, 11) is 1.58. The largest absolute Gasteiger partial charge is 0.490 e. The van der Waals surface area contributed by atoms with E-state index in [1.165, 1.54) is 12.1 Å². The average Bonchev–Trinajstić information content (AvgIpc) is 2.81. The number of amides is 2. The number of methoxy groups -OCH3 is 1. The zero-order valence-electron chi connectivity index (χ0n) is 13.3. The highest BCUT2D eigenvalue weighted by Crippen LogP contribution is 2.23. The molecule has 2 amide bonds. The number of benzene rings is 1. The van der Waals surface area contributed by atoms with Gasteiger partial charge in [0.15, 0.2) is 11.6 Å². The van der Waals surface area contributed by atoms with E-state index < -0.39 is 17.6 Å². The molecule has 8 heteroatoms. The van der Waals surface area contributed by atoms with E-state index in [0.717, 1.165) is 11.0 Å². The Balaban J connectivity index is 1.99. The standard InChI is InChI=1S/C16H19FN2O5/c1-23-7-2-8-24-14-4-3-11(9-12(14)17)18-13-10-15(21)19(5-6-20)16(13)22/h3-4,9-10,18,20H,2,5-8H2,1H3. The van der Waals surface area contributed by atoms with E-state index in [-0.39, 0.29) is 24.6 Å². The van der Waals surface area contributed by atoms with E-state index in [1.807, 2.05) is 0 Å². The summed E-state index contributed by atoms with van der Waals surface area (Å²) in [6, 6.07) is 4.17. The van der Waals surface area contributed by atoms with Crippen LogP contribution in [-0.4, -0.2) is 55.3 Å². The Hall–Kier alpha value is -2.45. The molecule has 1 aliphatic heterocycles. The smallest absolute Gasteiger partial charge is 0.277 e. The fourth-order valence-electron chi connectivity index (χ4n) is 2.15. The van der Waals surface area contributed by atoms with Crippen LogP contribution in [0.1, 0.15) is 6.42 Å². The molecule has 0 unspecified atom stereocenters. The van der Waals surface area contributed by atoms with Crippen LogP contribution in [0.2, 0.25) is 0 Å². The molecular formula is C16H19FN2O5. The molecule has 1 aliphatic rings. The Morgan fingerprint density at radius 2 is 2.08 bits per heavy atom. The van der Waals surface area contributed by atoms with Gasteiger partial charge in [-0.05, 0) is 12.1 Å². The van der Waals surface area contributed by atoms with Crippen molar-refractivity contribution in [3.05, 3.63) is 35.8 Å². The maximum absolute atomic E-state index is 14.0. The second-order valence-corrected chi connectivity index (χ2v) is 5.04. The first-order chi connectivity index (χ1) is 11.6. The number of hydrogen-bond acceptors (Lipinski definition) is 6. The number of imide groups is 1. The molecule has 24 heavy (non-hydrogen) atoms. The van der Waals surface area contributed by atoms with Crippen LogP contribution in [-0.2, 0) is 14.3 Å². The zero-order chi connectivity index (χ0) is 17.5. The van der Waals surface area contributed by atoms with Gasteiger partial charge in [-0.1, -0.05) is 0 Å². The third-order valence-corrected chi connectivity index (χ3v) is 3.29. The van der Waals surface area contributed by atoms with Gasteiger partial charge in [0.25, 0.3) is 11.8 Å². The highest BCUT2D eigenvalue weighted by atomic mass is 19.1. The molecule has 1 heterocycles. The number of anilines is 1. The van der Waals surface area contributed by atoms with Crippen LogP contribution < -0.4 is 10.1 Å². The van der Waals surface area contributed by atoms with Gasteiger partial charge in [0.1, 0.15) is 5.70 Å². The zero-order valence-corrected chi connectivity index (χ0v) is 13.3. The van der Waals surface area contributed by atoms with Crippen LogP contribution in [0.25, 0.3) is 0 Å². The lowest BCUT2D eigenvalue weighted by atomic mass is 10.2. The summed E-state index contributed by atoms with van der Waals surface area (Å²) in [5, 5.41) is 11.6. The third-order valence-electron chi connectivity index (χ3n) is 3.29. The highest BCUT2D eigenvalue weighted by Gasteiger charge is 2.30. The Kier molecular flexibility index (Phi) is 6.28. The fraction of sp³-hybridized carbons (Fsp3) is 0.375. The van der Waals surface area contributed by atoms with Crippen molar-refractivity contribution in [1.29, 1.82) is 0 Å². The topological polar surface area (TPSA) is 88.1 Å². The van der Waals surface area contributed by atoms with E-state index >= 15 is 0 Å². The van der Waals surface area contributed by atoms with Crippen LogP contribution in [0.5, 0.6) is 5.75 Å². The number of rotatable bonds is 9. The van der Waals surface area contributed by atoms with Crippen molar-refractivity contribution in [2.75, 3.05) is 38.8 Å². The summed E-state index contributed by atoms with van der Waals surface area (Å²) < 4.78 is 24.2. The number of carbonyl (C=O) groups excluding carboxylic acids is 2. The van der Waals surface area contributed by atoms with Crippen LogP contribution in [0.15, 0.2) is 30.0 Å². The van der Waals surface area contributed by atoms with Crippen molar-refractivity contribution in [3.63, 3.8) is 0 Å². The second-order valence-electron chi connectivity index (χ2n) is 5.04. The van der Waals surface area contributed by atoms with Gasteiger partial charge in [0, 0.05) is 38.0 Å². The summed E-state index contributed by atoms with van der Waals surface area (Å²) in [6.07, 6.45) is 1.76. The van der Waals surface area contributed by atoms with E-state index in [1.54, 1.807) is 13.2 Å². The van der Waals surface area contributed by atoms with Crippen molar-refractivity contribution in [3.8, 4) is 5.75 Å². The molecule has 130 valence electrons. The quantitative estimate of drug-likeness (QED) is 0.514. The van der Waals surface area contributed by atoms with Gasteiger partial charge >= 0.3 is 0 Å². The summed E-state index contributed by atoms with van der Waals surface area (Å²) in [5.74, 6) is -1.56. The summed E-state index contributed by atoms with van der Waals surface area (Å²) in [4.78, 5) is 24.5. The fourth-order valence-corrected chi connectivity index (χ4v) is 2.15. The van der Waals surface area contributed by atoms with E-state index in [4.69, 9.17) is 14.6 Å². The van der Waals surface area contributed by atoms with Crippen molar-refractivity contribution >= 4 is 17.5 Å². The number of aliphatic hydroxyl groups excluding tert-OH is 1. The SMILES string of the molecule is COCCCOc1ccc(NC2=CC(=O)N(CCO)C2=O)cc1F. The van der Waals surface area contributed by atoms with Crippen molar-refractivity contribution < 1.29 is 28.6 Å². The van der Waals surface area contributed by atoms with E-state index in [9.17, 15) is 14.0 Å². The minimum atomic E-state index is -0.581. The predicted octanol–water partition coefficient (Wildman–Crippen LogP) is 0.898. The number of ether oxygens (including phenoxy) is 2. The van der Waals surface area contributed by atoms with Crippen molar-refractivity contribution in [2.45, 2.75) is 6.42 Å². The van der Waals surface area contributed by atoms with Crippen molar-refractivity contribution in [1.82, 2.24) is 4.90 Å². The summed E-state index contributed by atoms with van der Waals surface area (Å²) in [6.45, 7) is 0.450. The number of β-amino-alcohol motifs (C(OH)–C–C–N with tert-alkyl or cyclic N) is 1. The third kappa shape index (κ3) is 4.30. The average molecular weight is 338 g/mol. The first-order valence-electron chi connectivity index (χ1n) is 7.43. The molecule has 0 atom stereocenters. The molecule has 1 aromatic rings. The second kappa shape index (κ2) is 8.42. The molecule has 2 N–H and O–H groups in total. The van der Waals surface area contributed by atoms with Gasteiger partial charge in [-0.15, -0.1) is 0 Å². The Morgan fingerprint density at radius 3 is 2.75 bits per heavy atom. The van der Waals surface area contributed by atoms with E-state index in [2.05, 4.69) is 5.32 Å². The van der Waals surface area contributed by atoms with Gasteiger partial charge < -0.3 is 19.9 Å². The molecule has 0 radical (unpaired) electrons. The van der Waals surface area contributed by atoms with Gasteiger partial charge in [-0.3, -0.25) is 14.5 Å². The Bertz CT molecular complexity index is 647. The molecule has 0 spiro atoms. The molecule has 2 rings (SSSR count). The van der Waals surface area contributed by atoms with Crippen LogP contribution in [0.3, 0.4) is 0 Å². The predicted molar refractivity (Wildman–Crippen MR) is 83.9 cm³/mol. The number of nitrogens with one attached hydrogen (secondary N) is 1. The summed E-state index contributed by atoms with van der Waals surface area (Å²) in [5.41, 5.74) is 0.344.